The molecule has 0 atom stereocenters. The number of carbonyl (C=O) groups is 1. The maximum atomic E-state index is 13.6. The lowest BCUT2D eigenvalue weighted by Gasteiger charge is -2.27. The number of amides is 1. The van der Waals surface area contributed by atoms with Gasteiger partial charge in [-0.1, -0.05) is 0 Å². The molecule has 0 radical (unpaired) electrons. The van der Waals surface area contributed by atoms with Gasteiger partial charge >= 0.3 is 0 Å². The minimum atomic E-state index is -0.611. The number of morpholine rings is 1. The molecule has 1 saturated heterocycles. The maximum Gasteiger partial charge on any atom is 0.257 e. The SMILES string of the molecule is CCOc1cc(N)c(F)cc1C(=O)N1CCOCC1. The number of nitrogens with two attached hydrogens (primary N) is 1. The van der Waals surface area contributed by atoms with Crippen LogP contribution in [0.3, 0.4) is 0 Å². The first kappa shape index (κ1) is 13.6. The Hall–Kier alpha value is -1.82. The van der Waals surface area contributed by atoms with E-state index < -0.39 is 5.82 Å². The monoisotopic (exact) mass is 268 g/mol. The Balaban J connectivity index is 2.30. The third kappa shape index (κ3) is 2.96. The Kier molecular flexibility index (Phi) is 4.21. The van der Waals surface area contributed by atoms with Gasteiger partial charge in [0.15, 0.2) is 0 Å². The fourth-order valence-electron chi connectivity index (χ4n) is 1.95. The normalized spacial score (nSPS) is 15.4. The molecule has 1 aliphatic heterocycles. The molecule has 5 nitrogen and oxygen atoms in total. The lowest BCUT2D eigenvalue weighted by molar-refractivity contribution is 0.0300. The second-order valence-electron chi connectivity index (χ2n) is 4.21. The van der Waals surface area contributed by atoms with Gasteiger partial charge in [-0.2, -0.15) is 0 Å². The molecule has 1 heterocycles. The third-order valence-electron chi connectivity index (χ3n) is 2.93. The zero-order valence-electron chi connectivity index (χ0n) is 10.8. The van der Waals surface area contributed by atoms with Crippen molar-refractivity contribution in [2.24, 2.45) is 0 Å². The summed E-state index contributed by atoms with van der Waals surface area (Å²) in [5.74, 6) is -0.552. The highest BCUT2D eigenvalue weighted by atomic mass is 19.1. The van der Waals surface area contributed by atoms with Crippen molar-refractivity contribution in [3.05, 3.63) is 23.5 Å². The van der Waals surface area contributed by atoms with Crippen molar-refractivity contribution in [3.63, 3.8) is 0 Å². The molecule has 1 aromatic carbocycles. The van der Waals surface area contributed by atoms with E-state index in [0.717, 1.165) is 6.07 Å². The lowest BCUT2D eigenvalue weighted by atomic mass is 10.1. The van der Waals surface area contributed by atoms with E-state index >= 15 is 0 Å². The quantitative estimate of drug-likeness (QED) is 0.839. The van der Waals surface area contributed by atoms with Crippen LogP contribution < -0.4 is 10.5 Å². The summed E-state index contributed by atoms with van der Waals surface area (Å²) in [5, 5.41) is 0. The average molecular weight is 268 g/mol. The molecule has 1 fully saturated rings. The van der Waals surface area contributed by atoms with Crippen LogP contribution >= 0.6 is 0 Å². The van der Waals surface area contributed by atoms with E-state index in [2.05, 4.69) is 0 Å². The Labute approximate surface area is 111 Å². The van der Waals surface area contributed by atoms with Gasteiger partial charge < -0.3 is 20.1 Å². The van der Waals surface area contributed by atoms with Crippen molar-refractivity contribution in [1.29, 1.82) is 0 Å². The van der Waals surface area contributed by atoms with E-state index in [1.165, 1.54) is 6.07 Å². The van der Waals surface area contributed by atoms with Crippen LogP contribution in [-0.2, 0) is 4.74 Å². The molecule has 6 heteroatoms. The molecule has 0 aliphatic carbocycles. The molecule has 104 valence electrons. The highest BCUT2D eigenvalue weighted by Crippen LogP contribution is 2.26. The Morgan fingerprint density at radius 2 is 2.16 bits per heavy atom. The van der Waals surface area contributed by atoms with Crippen LogP contribution in [0.15, 0.2) is 12.1 Å². The Bertz CT molecular complexity index is 473. The number of nitrogens with zero attached hydrogens (tertiary/aromatic N) is 1. The molecule has 0 spiro atoms. The third-order valence-corrected chi connectivity index (χ3v) is 2.93. The van der Waals surface area contributed by atoms with Gasteiger partial charge in [-0.05, 0) is 13.0 Å². The van der Waals surface area contributed by atoms with Crippen LogP contribution in [0.2, 0.25) is 0 Å². The molecule has 0 aromatic heterocycles. The van der Waals surface area contributed by atoms with Crippen LogP contribution in [-0.4, -0.2) is 43.7 Å². The van der Waals surface area contributed by atoms with Crippen LogP contribution in [0.25, 0.3) is 0 Å². The van der Waals surface area contributed by atoms with Gasteiger partial charge in [0.25, 0.3) is 5.91 Å². The van der Waals surface area contributed by atoms with Gasteiger partial charge in [-0.25, -0.2) is 4.39 Å². The smallest absolute Gasteiger partial charge is 0.257 e. The van der Waals surface area contributed by atoms with E-state index in [1.807, 2.05) is 0 Å². The van der Waals surface area contributed by atoms with Crippen LogP contribution in [0, 0.1) is 5.82 Å². The predicted molar refractivity (Wildman–Crippen MR) is 68.7 cm³/mol. The van der Waals surface area contributed by atoms with Crippen molar-refractivity contribution >= 4 is 11.6 Å². The molecule has 1 aromatic rings. The topological polar surface area (TPSA) is 64.8 Å². The average Bonchev–Trinajstić information content (AvgIpc) is 2.43. The molecule has 0 bridgehead atoms. The maximum absolute atomic E-state index is 13.6. The zero-order valence-corrected chi connectivity index (χ0v) is 10.8. The van der Waals surface area contributed by atoms with Crippen molar-refractivity contribution in [2.45, 2.75) is 6.92 Å². The Morgan fingerprint density at radius 1 is 1.47 bits per heavy atom. The summed E-state index contributed by atoms with van der Waals surface area (Å²) >= 11 is 0. The second-order valence-corrected chi connectivity index (χ2v) is 4.21. The molecular formula is C13H17FN2O3. The highest BCUT2D eigenvalue weighted by Gasteiger charge is 2.23. The summed E-state index contributed by atoms with van der Waals surface area (Å²) in [6.45, 7) is 4.16. The van der Waals surface area contributed by atoms with Crippen LogP contribution in [0.4, 0.5) is 10.1 Å². The molecule has 2 N–H and O–H groups in total. The molecule has 1 aliphatic rings. The van der Waals surface area contributed by atoms with Crippen LogP contribution in [0.5, 0.6) is 5.75 Å². The van der Waals surface area contributed by atoms with E-state index in [9.17, 15) is 9.18 Å². The molecular weight excluding hydrogens is 251 g/mol. The van der Waals surface area contributed by atoms with E-state index in [0.29, 0.717) is 38.7 Å². The number of anilines is 1. The predicted octanol–water partition coefficient (Wildman–Crippen LogP) is 1.28. The van der Waals surface area contributed by atoms with Gasteiger partial charge in [-0.3, -0.25) is 4.79 Å². The second kappa shape index (κ2) is 5.88. The number of ether oxygens (including phenoxy) is 2. The van der Waals surface area contributed by atoms with Gasteiger partial charge in [0.2, 0.25) is 0 Å². The largest absolute Gasteiger partial charge is 0.493 e. The van der Waals surface area contributed by atoms with Crippen molar-refractivity contribution < 1.29 is 18.7 Å². The van der Waals surface area contributed by atoms with Gasteiger partial charge in [0.05, 0.1) is 31.1 Å². The van der Waals surface area contributed by atoms with Crippen molar-refractivity contribution in [2.75, 3.05) is 38.6 Å². The summed E-state index contributed by atoms with van der Waals surface area (Å²) in [5.41, 5.74) is 5.68. The molecule has 0 unspecified atom stereocenters. The zero-order chi connectivity index (χ0) is 13.8. The summed E-state index contributed by atoms with van der Waals surface area (Å²) in [4.78, 5) is 14.0. The standard InChI is InChI=1S/C13H17FN2O3/c1-2-19-12-8-11(15)10(14)7-9(12)13(17)16-3-5-18-6-4-16/h7-8H,2-6,15H2,1H3. The lowest BCUT2D eigenvalue weighted by Crippen LogP contribution is -2.40. The molecule has 0 saturated carbocycles. The first-order valence-electron chi connectivity index (χ1n) is 6.22. The number of benzene rings is 1. The summed E-state index contributed by atoms with van der Waals surface area (Å²) < 4.78 is 24.1. The number of nitrogen functional groups attached to an aromatic ring is 1. The minimum Gasteiger partial charge on any atom is -0.493 e. The highest BCUT2D eigenvalue weighted by molar-refractivity contribution is 5.97. The fourth-order valence-corrected chi connectivity index (χ4v) is 1.95. The Morgan fingerprint density at radius 3 is 2.79 bits per heavy atom. The van der Waals surface area contributed by atoms with Gasteiger partial charge in [-0.15, -0.1) is 0 Å². The fraction of sp³-hybridized carbons (Fsp3) is 0.462. The number of hydrogen-bond acceptors (Lipinski definition) is 4. The van der Waals surface area contributed by atoms with Crippen molar-refractivity contribution in [3.8, 4) is 5.75 Å². The molecule has 1 amide bonds. The first-order chi connectivity index (χ1) is 9.13. The molecule has 2 rings (SSSR count). The van der Waals surface area contributed by atoms with Gasteiger partial charge in [0.1, 0.15) is 11.6 Å². The van der Waals surface area contributed by atoms with E-state index in [4.69, 9.17) is 15.2 Å². The molecule has 19 heavy (non-hydrogen) atoms. The van der Waals surface area contributed by atoms with Gasteiger partial charge in [0, 0.05) is 19.2 Å². The first-order valence-corrected chi connectivity index (χ1v) is 6.22. The minimum absolute atomic E-state index is 0.0259. The van der Waals surface area contributed by atoms with E-state index in [1.54, 1.807) is 11.8 Å². The summed E-state index contributed by atoms with van der Waals surface area (Å²) in [6.07, 6.45) is 0. The number of carbonyl (C=O) groups excluding carboxylic acids is 1. The summed E-state index contributed by atoms with van der Waals surface area (Å²) in [6, 6.07) is 2.49. The number of halogens is 1. The number of hydrogen-bond donors (Lipinski definition) is 1. The van der Waals surface area contributed by atoms with Crippen LogP contribution in [0.1, 0.15) is 17.3 Å². The summed E-state index contributed by atoms with van der Waals surface area (Å²) in [7, 11) is 0. The van der Waals surface area contributed by atoms with Crippen molar-refractivity contribution in [1.82, 2.24) is 4.90 Å². The number of rotatable bonds is 3. The van der Waals surface area contributed by atoms with E-state index in [-0.39, 0.29) is 17.2 Å².